The van der Waals surface area contributed by atoms with E-state index >= 15 is 0 Å². The third kappa shape index (κ3) is 3.29. The summed E-state index contributed by atoms with van der Waals surface area (Å²) < 4.78 is 11.4. The molecule has 0 amide bonds. The van der Waals surface area contributed by atoms with Crippen molar-refractivity contribution in [1.29, 1.82) is 0 Å². The van der Waals surface area contributed by atoms with Crippen molar-refractivity contribution in [3.8, 4) is 5.75 Å². The van der Waals surface area contributed by atoms with E-state index in [9.17, 15) is 0 Å². The second kappa shape index (κ2) is 6.01. The molecule has 0 spiro atoms. The summed E-state index contributed by atoms with van der Waals surface area (Å²) in [5.74, 6) is 0.797. The minimum absolute atomic E-state index is 0.0380. The number of rotatable bonds is 5. The zero-order chi connectivity index (χ0) is 10.4. The second-order valence-electron chi connectivity index (χ2n) is 2.73. The maximum absolute atomic E-state index is 8.56. The van der Waals surface area contributed by atoms with Crippen LogP contribution in [0.5, 0.6) is 5.75 Å². The van der Waals surface area contributed by atoms with Gasteiger partial charge in [-0.2, -0.15) is 0 Å². The molecular weight excluding hydrogens is 248 g/mol. The number of benzene rings is 1. The minimum atomic E-state index is 0.0380. The molecule has 0 aliphatic rings. The largest absolute Gasteiger partial charge is 0.496 e. The molecule has 4 heteroatoms. The quantitative estimate of drug-likeness (QED) is 0.823. The van der Waals surface area contributed by atoms with E-state index in [1.54, 1.807) is 7.11 Å². The molecule has 1 aromatic carbocycles. The monoisotopic (exact) mass is 260 g/mol. The summed E-state index contributed by atoms with van der Waals surface area (Å²) in [5.41, 5.74) is 0.968. The Hall–Kier alpha value is -0.580. The van der Waals surface area contributed by atoms with Gasteiger partial charge in [0.1, 0.15) is 5.75 Å². The van der Waals surface area contributed by atoms with Gasteiger partial charge in [0.15, 0.2) is 0 Å². The first-order valence-corrected chi connectivity index (χ1v) is 5.08. The molecule has 0 radical (unpaired) electrons. The second-order valence-corrected chi connectivity index (χ2v) is 3.65. The Kier molecular flexibility index (Phi) is 4.93. The van der Waals surface area contributed by atoms with Gasteiger partial charge in [-0.1, -0.05) is 15.9 Å². The highest BCUT2D eigenvalue weighted by atomic mass is 79.9. The molecule has 1 aromatic rings. The van der Waals surface area contributed by atoms with Crippen LogP contribution in [0.4, 0.5) is 0 Å². The van der Waals surface area contributed by atoms with Crippen LogP contribution in [0.2, 0.25) is 0 Å². The number of hydrogen-bond acceptors (Lipinski definition) is 3. The van der Waals surface area contributed by atoms with Crippen molar-refractivity contribution >= 4 is 15.9 Å². The normalized spacial score (nSPS) is 10.2. The van der Waals surface area contributed by atoms with Crippen LogP contribution in [0.1, 0.15) is 5.56 Å². The van der Waals surface area contributed by atoms with Crippen molar-refractivity contribution in [2.75, 3.05) is 20.3 Å². The van der Waals surface area contributed by atoms with Crippen LogP contribution in [0.15, 0.2) is 22.7 Å². The Morgan fingerprint density at radius 1 is 1.43 bits per heavy atom. The van der Waals surface area contributed by atoms with Crippen LogP contribution in [0.25, 0.3) is 0 Å². The standard InChI is InChI=1S/C10H13BrO3/c1-13-10-3-2-9(11)6-8(10)7-14-5-4-12/h2-3,6,12H,4-5,7H2,1H3. The van der Waals surface area contributed by atoms with Gasteiger partial charge < -0.3 is 14.6 Å². The lowest BCUT2D eigenvalue weighted by Gasteiger charge is -2.08. The smallest absolute Gasteiger partial charge is 0.124 e. The molecule has 14 heavy (non-hydrogen) atoms. The van der Waals surface area contributed by atoms with Crippen molar-refractivity contribution in [2.45, 2.75) is 6.61 Å². The zero-order valence-corrected chi connectivity index (χ0v) is 9.58. The van der Waals surface area contributed by atoms with Crippen LogP contribution in [0, 0.1) is 0 Å². The van der Waals surface area contributed by atoms with E-state index in [1.165, 1.54) is 0 Å². The van der Waals surface area contributed by atoms with Gasteiger partial charge in [-0.05, 0) is 18.2 Å². The number of methoxy groups -OCH3 is 1. The van der Waals surface area contributed by atoms with Gasteiger partial charge in [0.25, 0.3) is 0 Å². The fourth-order valence-electron chi connectivity index (χ4n) is 1.11. The fraction of sp³-hybridized carbons (Fsp3) is 0.400. The van der Waals surface area contributed by atoms with Gasteiger partial charge in [0.05, 0.1) is 26.9 Å². The van der Waals surface area contributed by atoms with E-state index in [0.29, 0.717) is 13.2 Å². The van der Waals surface area contributed by atoms with E-state index in [4.69, 9.17) is 14.6 Å². The minimum Gasteiger partial charge on any atom is -0.496 e. The van der Waals surface area contributed by atoms with Crippen molar-refractivity contribution in [1.82, 2.24) is 0 Å². The number of halogens is 1. The van der Waals surface area contributed by atoms with E-state index in [2.05, 4.69) is 15.9 Å². The first-order valence-electron chi connectivity index (χ1n) is 4.29. The van der Waals surface area contributed by atoms with Gasteiger partial charge in [0, 0.05) is 10.0 Å². The summed E-state index contributed by atoms with van der Waals surface area (Å²) in [7, 11) is 1.62. The number of ether oxygens (including phenoxy) is 2. The highest BCUT2D eigenvalue weighted by molar-refractivity contribution is 9.10. The van der Waals surface area contributed by atoms with Crippen LogP contribution in [-0.4, -0.2) is 25.4 Å². The van der Waals surface area contributed by atoms with Crippen molar-refractivity contribution in [2.24, 2.45) is 0 Å². The van der Waals surface area contributed by atoms with Crippen LogP contribution >= 0.6 is 15.9 Å². The Morgan fingerprint density at radius 2 is 2.21 bits per heavy atom. The van der Waals surface area contributed by atoms with E-state index in [0.717, 1.165) is 15.8 Å². The molecule has 0 aliphatic heterocycles. The fourth-order valence-corrected chi connectivity index (χ4v) is 1.52. The third-order valence-electron chi connectivity index (χ3n) is 1.74. The molecular formula is C10H13BrO3. The topological polar surface area (TPSA) is 38.7 Å². The molecule has 0 fully saturated rings. The molecule has 0 atom stereocenters. The predicted molar refractivity (Wildman–Crippen MR) is 57.4 cm³/mol. The molecule has 1 rings (SSSR count). The molecule has 3 nitrogen and oxygen atoms in total. The highest BCUT2D eigenvalue weighted by Crippen LogP contribution is 2.23. The summed E-state index contributed by atoms with van der Waals surface area (Å²) in [6.45, 7) is 0.829. The third-order valence-corrected chi connectivity index (χ3v) is 2.23. The zero-order valence-electron chi connectivity index (χ0n) is 8.00. The van der Waals surface area contributed by atoms with Crippen molar-refractivity contribution < 1.29 is 14.6 Å². The molecule has 0 saturated heterocycles. The Labute approximate surface area is 91.8 Å². The average Bonchev–Trinajstić information content (AvgIpc) is 2.19. The predicted octanol–water partition coefficient (Wildman–Crippen LogP) is 1.97. The summed E-state index contributed by atoms with van der Waals surface area (Å²) in [4.78, 5) is 0. The summed E-state index contributed by atoms with van der Waals surface area (Å²) >= 11 is 3.37. The van der Waals surface area contributed by atoms with Crippen LogP contribution in [0.3, 0.4) is 0 Å². The van der Waals surface area contributed by atoms with E-state index in [-0.39, 0.29) is 6.61 Å². The summed E-state index contributed by atoms with van der Waals surface area (Å²) in [6, 6.07) is 5.73. The van der Waals surface area contributed by atoms with Gasteiger partial charge >= 0.3 is 0 Å². The number of hydrogen-bond donors (Lipinski definition) is 1. The molecule has 0 aromatic heterocycles. The maximum atomic E-state index is 8.56. The number of aliphatic hydroxyl groups is 1. The van der Waals surface area contributed by atoms with Crippen molar-refractivity contribution in [3.05, 3.63) is 28.2 Å². The number of aliphatic hydroxyl groups excluding tert-OH is 1. The average molecular weight is 261 g/mol. The molecule has 0 unspecified atom stereocenters. The van der Waals surface area contributed by atoms with E-state index < -0.39 is 0 Å². The van der Waals surface area contributed by atoms with Crippen LogP contribution < -0.4 is 4.74 Å². The molecule has 1 N–H and O–H groups in total. The molecule has 0 heterocycles. The maximum Gasteiger partial charge on any atom is 0.124 e. The van der Waals surface area contributed by atoms with E-state index in [1.807, 2.05) is 18.2 Å². The molecule has 0 bridgehead atoms. The van der Waals surface area contributed by atoms with Crippen molar-refractivity contribution in [3.63, 3.8) is 0 Å². The lowest BCUT2D eigenvalue weighted by atomic mass is 10.2. The molecule has 0 saturated carbocycles. The first kappa shape index (κ1) is 11.5. The Bertz CT molecular complexity index is 289. The Balaban J connectivity index is 2.67. The lowest BCUT2D eigenvalue weighted by Crippen LogP contribution is -2.01. The summed E-state index contributed by atoms with van der Waals surface area (Å²) in [5, 5.41) is 8.56. The van der Waals surface area contributed by atoms with Gasteiger partial charge in [-0.3, -0.25) is 0 Å². The molecule has 0 aliphatic carbocycles. The highest BCUT2D eigenvalue weighted by Gasteiger charge is 2.03. The summed E-state index contributed by atoms with van der Waals surface area (Å²) in [6.07, 6.45) is 0. The van der Waals surface area contributed by atoms with Gasteiger partial charge in [-0.25, -0.2) is 0 Å². The van der Waals surface area contributed by atoms with Crippen LogP contribution in [-0.2, 0) is 11.3 Å². The Morgan fingerprint density at radius 3 is 2.86 bits per heavy atom. The first-order chi connectivity index (χ1) is 6.77. The van der Waals surface area contributed by atoms with Gasteiger partial charge in [0.2, 0.25) is 0 Å². The van der Waals surface area contributed by atoms with Gasteiger partial charge in [-0.15, -0.1) is 0 Å². The molecule has 78 valence electrons. The SMILES string of the molecule is COc1ccc(Br)cc1COCCO. The lowest BCUT2D eigenvalue weighted by molar-refractivity contribution is 0.0803.